The van der Waals surface area contributed by atoms with Crippen LogP contribution < -0.4 is 5.73 Å². The lowest BCUT2D eigenvalue weighted by Gasteiger charge is -2.20. The van der Waals surface area contributed by atoms with Crippen molar-refractivity contribution < 1.29 is 0 Å². The van der Waals surface area contributed by atoms with E-state index in [-0.39, 0.29) is 5.25 Å². The summed E-state index contributed by atoms with van der Waals surface area (Å²) in [6.07, 6.45) is 0.638. The van der Waals surface area contributed by atoms with Crippen LogP contribution in [0.15, 0.2) is 29.2 Å². The third-order valence-corrected chi connectivity index (χ3v) is 3.75. The van der Waals surface area contributed by atoms with Crippen molar-refractivity contribution in [2.75, 3.05) is 0 Å². The fraction of sp³-hybridized carbons (Fsp3) is 0.417. The standard InChI is InChI=1S/C12H15ClN2S/c1-9(7-12(2,15)8-14)16-11-6-4-3-5-10(11)13/h3-6,9H,7,15H2,1-2H3. The SMILES string of the molecule is CC(CC(C)(N)C#N)Sc1ccccc1Cl. The van der Waals surface area contributed by atoms with Gasteiger partial charge in [-0.25, -0.2) is 0 Å². The molecule has 0 aromatic heterocycles. The summed E-state index contributed by atoms with van der Waals surface area (Å²) in [7, 11) is 0. The van der Waals surface area contributed by atoms with E-state index >= 15 is 0 Å². The van der Waals surface area contributed by atoms with Gasteiger partial charge in [0.2, 0.25) is 0 Å². The maximum Gasteiger partial charge on any atom is 0.102 e. The molecule has 0 saturated heterocycles. The molecular weight excluding hydrogens is 240 g/mol. The molecule has 0 aliphatic carbocycles. The van der Waals surface area contributed by atoms with Gasteiger partial charge in [0.05, 0.1) is 11.1 Å². The van der Waals surface area contributed by atoms with E-state index in [0.29, 0.717) is 6.42 Å². The van der Waals surface area contributed by atoms with Gasteiger partial charge in [-0.05, 0) is 25.5 Å². The average molecular weight is 255 g/mol. The first-order valence-electron chi connectivity index (χ1n) is 5.06. The van der Waals surface area contributed by atoms with Gasteiger partial charge in [0.15, 0.2) is 0 Å². The highest BCUT2D eigenvalue weighted by Crippen LogP contribution is 2.32. The molecule has 4 heteroatoms. The number of rotatable bonds is 4. The summed E-state index contributed by atoms with van der Waals surface area (Å²) in [6, 6.07) is 9.80. The first-order chi connectivity index (χ1) is 7.44. The van der Waals surface area contributed by atoms with Crippen molar-refractivity contribution in [1.82, 2.24) is 0 Å². The molecule has 86 valence electrons. The fourth-order valence-electron chi connectivity index (χ4n) is 1.44. The van der Waals surface area contributed by atoms with Crippen LogP contribution in [0.2, 0.25) is 5.02 Å². The van der Waals surface area contributed by atoms with E-state index in [1.54, 1.807) is 18.7 Å². The van der Waals surface area contributed by atoms with Gasteiger partial charge in [0.1, 0.15) is 5.54 Å². The number of nitriles is 1. The number of hydrogen-bond donors (Lipinski definition) is 1. The van der Waals surface area contributed by atoms with Gasteiger partial charge in [-0.1, -0.05) is 30.7 Å². The van der Waals surface area contributed by atoms with E-state index < -0.39 is 5.54 Å². The van der Waals surface area contributed by atoms with Crippen molar-refractivity contribution in [1.29, 1.82) is 5.26 Å². The number of benzene rings is 1. The predicted molar refractivity (Wildman–Crippen MR) is 69.6 cm³/mol. The quantitative estimate of drug-likeness (QED) is 0.838. The van der Waals surface area contributed by atoms with E-state index in [2.05, 4.69) is 13.0 Å². The van der Waals surface area contributed by atoms with Crippen LogP contribution in [0.3, 0.4) is 0 Å². The molecule has 0 fully saturated rings. The molecule has 2 unspecified atom stereocenters. The minimum Gasteiger partial charge on any atom is -0.314 e. The van der Waals surface area contributed by atoms with Crippen LogP contribution in [-0.2, 0) is 0 Å². The first kappa shape index (κ1) is 13.4. The second kappa shape index (κ2) is 5.58. The molecular formula is C12H15ClN2S. The molecule has 0 bridgehead atoms. The Hall–Kier alpha value is -0.690. The molecule has 2 atom stereocenters. The lowest BCUT2D eigenvalue weighted by Crippen LogP contribution is -2.36. The van der Waals surface area contributed by atoms with Gasteiger partial charge < -0.3 is 5.73 Å². The van der Waals surface area contributed by atoms with Crippen LogP contribution in [0.5, 0.6) is 0 Å². The molecule has 1 rings (SSSR count). The summed E-state index contributed by atoms with van der Waals surface area (Å²) in [5.41, 5.74) is 5.03. The molecule has 0 radical (unpaired) electrons. The summed E-state index contributed by atoms with van der Waals surface area (Å²) < 4.78 is 0. The Morgan fingerprint density at radius 1 is 1.56 bits per heavy atom. The van der Waals surface area contributed by atoms with E-state index in [0.717, 1.165) is 9.92 Å². The van der Waals surface area contributed by atoms with Crippen molar-refractivity contribution in [2.24, 2.45) is 5.73 Å². The third kappa shape index (κ3) is 4.05. The van der Waals surface area contributed by atoms with Gasteiger partial charge >= 0.3 is 0 Å². The number of thioether (sulfide) groups is 1. The maximum absolute atomic E-state index is 8.85. The summed E-state index contributed by atoms with van der Waals surface area (Å²) >= 11 is 7.71. The smallest absolute Gasteiger partial charge is 0.102 e. The van der Waals surface area contributed by atoms with E-state index in [9.17, 15) is 0 Å². The van der Waals surface area contributed by atoms with Crippen LogP contribution in [-0.4, -0.2) is 10.8 Å². The highest BCUT2D eigenvalue weighted by atomic mass is 35.5. The molecule has 1 aromatic carbocycles. The molecule has 0 saturated carbocycles. The Kier molecular flexibility index (Phi) is 4.67. The number of hydrogen-bond acceptors (Lipinski definition) is 3. The lowest BCUT2D eigenvalue weighted by atomic mass is 10.00. The molecule has 16 heavy (non-hydrogen) atoms. The molecule has 0 aliphatic rings. The van der Waals surface area contributed by atoms with Gasteiger partial charge in [-0.15, -0.1) is 11.8 Å². The number of nitrogens with zero attached hydrogens (tertiary/aromatic N) is 1. The molecule has 0 spiro atoms. The Labute approximate surface area is 106 Å². The summed E-state index contributed by atoms with van der Waals surface area (Å²) in [5.74, 6) is 0. The van der Waals surface area contributed by atoms with Crippen LogP contribution in [0.4, 0.5) is 0 Å². The summed E-state index contributed by atoms with van der Waals surface area (Å²) in [4.78, 5) is 1.03. The van der Waals surface area contributed by atoms with Crippen LogP contribution in [0, 0.1) is 11.3 Å². The Balaban J connectivity index is 2.63. The third-order valence-electron chi connectivity index (χ3n) is 2.13. The molecule has 0 heterocycles. The first-order valence-corrected chi connectivity index (χ1v) is 6.32. The van der Waals surface area contributed by atoms with Crippen molar-refractivity contribution >= 4 is 23.4 Å². The van der Waals surface area contributed by atoms with Gasteiger partial charge in [0, 0.05) is 10.1 Å². The van der Waals surface area contributed by atoms with Crippen LogP contribution in [0.25, 0.3) is 0 Å². The second-order valence-electron chi connectivity index (χ2n) is 4.09. The van der Waals surface area contributed by atoms with Crippen molar-refractivity contribution in [3.8, 4) is 6.07 Å². The highest BCUT2D eigenvalue weighted by Gasteiger charge is 2.21. The molecule has 1 aromatic rings. The van der Waals surface area contributed by atoms with Gasteiger partial charge in [0.25, 0.3) is 0 Å². The van der Waals surface area contributed by atoms with Gasteiger partial charge in [-0.3, -0.25) is 0 Å². The summed E-state index contributed by atoms with van der Waals surface area (Å²) in [5, 5.41) is 9.86. The van der Waals surface area contributed by atoms with Crippen LogP contribution in [0.1, 0.15) is 20.3 Å². The molecule has 0 amide bonds. The largest absolute Gasteiger partial charge is 0.314 e. The lowest BCUT2D eigenvalue weighted by molar-refractivity contribution is 0.545. The molecule has 2 nitrogen and oxygen atoms in total. The number of nitrogens with two attached hydrogens (primary N) is 1. The second-order valence-corrected chi connectivity index (χ2v) is 5.98. The number of halogens is 1. The van der Waals surface area contributed by atoms with E-state index in [1.165, 1.54) is 0 Å². The zero-order chi connectivity index (χ0) is 12.2. The minimum absolute atomic E-state index is 0.259. The monoisotopic (exact) mass is 254 g/mol. The Bertz CT molecular complexity index is 398. The van der Waals surface area contributed by atoms with E-state index in [1.807, 2.05) is 24.3 Å². The van der Waals surface area contributed by atoms with Crippen molar-refractivity contribution in [2.45, 2.75) is 36.0 Å². The van der Waals surface area contributed by atoms with Crippen molar-refractivity contribution in [3.63, 3.8) is 0 Å². The molecule has 0 aliphatic heterocycles. The van der Waals surface area contributed by atoms with Gasteiger partial charge in [-0.2, -0.15) is 5.26 Å². The predicted octanol–water partition coefficient (Wildman–Crippen LogP) is 3.45. The normalized spacial score (nSPS) is 16.2. The minimum atomic E-state index is -0.770. The average Bonchev–Trinajstić information content (AvgIpc) is 2.21. The fourth-order valence-corrected chi connectivity index (χ4v) is 2.91. The Morgan fingerprint density at radius 3 is 2.75 bits per heavy atom. The zero-order valence-corrected chi connectivity index (χ0v) is 11.0. The summed E-state index contributed by atoms with van der Waals surface area (Å²) in [6.45, 7) is 3.80. The maximum atomic E-state index is 8.85. The highest BCUT2D eigenvalue weighted by molar-refractivity contribution is 8.00. The zero-order valence-electron chi connectivity index (χ0n) is 9.40. The van der Waals surface area contributed by atoms with Crippen LogP contribution >= 0.6 is 23.4 Å². The Morgan fingerprint density at radius 2 is 2.19 bits per heavy atom. The van der Waals surface area contributed by atoms with Crippen molar-refractivity contribution in [3.05, 3.63) is 29.3 Å². The molecule has 2 N–H and O–H groups in total. The van der Waals surface area contributed by atoms with E-state index in [4.69, 9.17) is 22.6 Å². The topological polar surface area (TPSA) is 49.8 Å².